The second-order valence-electron chi connectivity index (χ2n) is 5.84. The zero-order valence-corrected chi connectivity index (χ0v) is 15.6. The second kappa shape index (κ2) is 7.14. The van der Waals surface area contributed by atoms with Crippen LogP contribution in [0.1, 0.15) is 17.3 Å². The minimum absolute atomic E-state index is 0.146. The number of sulfonamides is 1. The summed E-state index contributed by atoms with van der Waals surface area (Å²) in [5.74, 6) is -0.244. The van der Waals surface area contributed by atoms with Crippen LogP contribution in [0, 0.1) is 10.1 Å². The Morgan fingerprint density at radius 1 is 1.19 bits per heavy atom. The maximum absolute atomic E-state index is 12.6. The molecule has 1 fully saturated rings. The minimum atomic E-state index is -3.52. The molecule has 1 aliphatic heterocycles. The molecular formula is C16H17N3O5S2. The van der Waals surface area contributed by atoms with Crippen LogP contribution in [0.15, 0.2) is 39.9 Å². The summed E-state index contributed by atoms with van der Waals surface area (Å²) in [6.07, 6.45) is 0. The molecule has 0 spiro atoms. The first-order valence-electron chi connectivity index (χ1n) is 7.88. The third kappa shape index (κ3) is 3.48. The number of anilines is 1. The number of hydrogen-bond donors (Lipinski definition) is 0. The number of carbonyl (C=O) groups is 1. The lowest BCUT2D eigenvalue weighted by atomic mass is 10.1. The first kappa shape index (κ1) is 18.5. The van der Waals surface area contributed by atoms with Crippen molar-refractivity contribution in [3.05, 3.63) is 51.4 Å². The topological polar surface area (TPSA) is 101 Å². The van der Waals surface area contributed by atoms with E-state index in [1.807, 2.05) is 0 Å². The first-order chi connectivity index (χ1) is 12.3. The molecule has 3 rings (SSSR count). The molecule has 0 saturated carbocycles. The summed E-state index contributed by atoms with van der Waals surface area (Å²) in [5, 5.41) is 13.1. The van der Waals surface area contributed by atoms with Gasteiger partial charge in [0.25, 0.3) is 15.7 Å². The van der Waals surface area contributed by atoms with Gasteiger partial charge >= 0.3 is 0 Å². The third-order valence-corrected chi connectivity index (χ3v) is 7.52. The van der Waals surface area contributed by atoms with Crippen LogP contribution in [0.5, 0.6) is 0 Å². The van der Waals surface area contributed by atoms with Gasteiger partial charge in [0.1, 0.15) is 9.90 Å². The van der Waals surface area contributed by atoms with Crippen LogP contribution in [0.2, 0.25) is 0 Å². The van der Waals surface area contributed by atoms with E-state index in [4.69, 9.17) is 0 Å². The van der Waals surface area contributed by atoms with E-state index in [2.05, 4.69) is 0 Å². The van der Waals surface area contributed by atoms with Gasteiger partial charge in [-0.05, 0) is 30.5 Å². The molecule has 0 unspecified atom stereocenters. The van der Waals surface area contributed by atoms with Gasteiger partial charge in [-0.15, -0.1) is 11.3 Å². The largest absolute Gasteiger partial charge is 0.363 e. The Morgan fingerprint density at radius 3 is 2.42 bits per heavy atom. The molecule has 0 N–H and O–H groups in total. The van der Waals surface area contributed by atoms with E-state index >= 15 is 0 Å². The van der Waals surface area contributed by atoms with Crippen LogP contribution < -0.4 is 4.90 Å². The van der Waals surface area contributed by atoms with Crippen molar-refractivity contribution < 1.29 is 18.1 Å². The van der Waals surface area contributed by atoms with Gasteiger partial charge in [0, 0.05) is 37.8 Å². The van der Waals surface area contributed by atoms with Crippen molar-refractivity contribution in [3.8, 4) is 0 Å². The van der Waals surface area contributed by atoms with E-state index in [9.17, 15) is 23.3 Å². The molecule has 1 aliphatic rings. The van der Waals surface area contributed by atoms with Crippen LogP contribution in [-0.2, 0) is 10.0 Å². The van der Waals surface area contributed by atoms with Crippen molar-refractivity contribution in [2.75, 3.05) is 31.1 Å². The zero-order valence-electron chi connectivity index (χ0n) is 14.0. The summed E-state index contributed by atoms with van der Waals surface area (Å²) in [5.41, 5.74) is 0.528. The minimum Gasteiger partial charge on any atom is -0.363 e. The Morgan fingerprint density at radius 2 is 1.88 bits per heavy atom. The van der Waals surface area contributed by atoms with Gasteiger partial charge in [0.2, 0.25) is 0 Å². The van der Waals surface area contributed by atoms with Crippen LogP contribution in [0.25, 0.3) is 0 Å². The number of nitrogens with zero attached hydrogens (tertiary/aromatic N) is 3. The molecule has 2 aromatic rings. The SMILES string of the molecule is CC(=O)c1ccc(N2CCN(S(=O)(=O)c3cccs3)CC2)c([N+](=O)[O-])c1. The number of ketones is 1. The number of carbonyl (C=O) groups excluding carboxylic acids is 1. The molecule has 0 aliphatic carbocycles. The van der Waals surface area contributed by atoms with Gasteiger partial charge in [-0.3, -0.25) is 14.9 Å². The van der Waals surface area contributed by atoms with E-state index in [0.717, 1.165) is 0 Å². The molecule has 10 heteroatoms. The summed E-state index contributed by atoms with van der Waals surface area (Å²) in [4.78, 5) is 24.1. The van der Waals surface area contributed by atoms with Crippen LogP contribution in [-0.4, -0.2) is 49.6 Å². The van der Waals surface area contributed by atoms with E-state index < -0.39 is 14.9 Å². The zero-order chi connectivity index (χ0) is 18.9. The smallest absolute Gasteiger partial charge is 0.293 e. The molecule has 0 amide bonds. The summed E-state index contributed by atoms with van der Waals surface area (Å²) < 4.78 is 26.8. The summed E-state index contributed by atoms with van der Waals surface area (Å²) >= 11 is 1.17. The average molecular weight is 395 g/mol. The van der Waals surface area contributed by atoms with Crippen molar-refractivity contribution in [2.45, 2.75) is 11.1 Å². The van der Waals surface area contributed by atoms with E-state index in [1.54, 1.807) is 34.5 Å². The van der Waals surface area contributed by atoms with Gasteiger partial charge < -0.3 is 4.90 Å². The van der Waals surface area contributed by atoms with Gasteiger partial charge in [-0.1, -0.05) is 6.07 Å². The Balaban J connectivity index is 1.80. The average Bonchev–Trinajstić information content (AvgIpc) is 3.16. The number of nitro groups is 1. The van der Waals surface area contributed by atoms with Crippen molar-refractivity contribution in [3.63, 3.8) is 0 Å². The molecule has 2 heterocycles. The molecular weight excluding hydrogens is 378 g/mol. The number of rotatable bonds is 5. The maximum Gasteiger partial charge on any atom is 0.293 e. The Bertz CT molecular complexity index is 933. The molecule has 1 saturated heterocycles. The molecule has 1 aromatic heterocycles. The van der Waals surface area contributed by atoms with Gasteiger partial charge in [0.15, 0.2) is 5.78 Å². The highest BCUT2D eigenvalue weighted by molar-refractivity contribution is 7.91. The van der Waals surface area contributed by atoms with Crippen molar-refractivity contribution in [1.29, 1.82) is 0 Å². The maximum atomic E-state index is 12.6. The normalized spacial score (nSPS) is 15.8. The lowest BCUT2D eigenvalue weighted by molar-refractivity contribution is -0.384. The number of thiophene rings is 1. The van der Waals surface area contributed by atoms with Gasteiger partial charge in [-0.2, -0.15) is 4.31 Å². The summed E-state index contributed by atoms with van der Waals surface area (Å²) in [6.45, 7) is 2.51. The standard InChI is InChI=1S/C16H17N3O5S2/c1-12(20)13-4-5-14(15(11-13)19(21)22)17-6-8-18(9-7-17)26(23,24)16-3-2-10-25-16/h2-5,10-11H,6-9H2,1H3. The quantitative estimate of drug-likeness (QED) is 0.438. The van der Waals surface area contributed by atoms with Crippen molar-refractivity contribution in [2.24, 2.45) is 0 Å². The molecule has 0 bridgehead atoms. The van der Waals surface area contributed by atoms with Crippen molar-refractivity contribution in [1.82, 2.24) is 4.31 Å². The molecule has 26 heavy (non-hydrogen) atoms. The highest BCUT2D eigenvalue weighted by Crippen LogP contribution is 2.31. The number of hydrogen-bond acceptors (Lipinski definition) is 7. The number of benzene rings is 1. The summed E-state index contributed by atoms with van der Waals surface area (Å²) in [7, 11) is -3.52. The molecule has 1 aromatic carbocycles. The Kier molecular flexibility index (Phi) is 5.08. The third-order valence-electron chi connectivity index (χ3n) is 4.25. The van der Waals surface area contributed by atoms with Crippen LogP contribution >= 0.6 is 11.3 Å². The number of piperazine rings is 1. The molecule has 8 nitrogen and oxygen atoms in total. The molecule has 0 radical (unpaired) electrons. The van der Waals surface area contributed by atoms with E-state index in [1.165, 1.54) is 28.6 Å². The van der Waals surface area contributed by atoms with E-state index in [0.29, 0.717) is 23.0 Å². The predicted octanol–water partition coefficient (Wildman–Crippen LogP) is 2.37. The van der Waals surface area contributed by atoms with Gasteiger partial charge in [0.05, 0.1) is 4.92 Å². The molecule has 0 atom stereocenters. The highest BCUT2D eigenvalue weighted by atomic mass is 32.2. The summed E-state index contributed by atoms with van der Waals surface area (Å²) in [6, 6.07) is 7.63. The second-order valence-corrected chi connectivity index (χ2v) is 8.95. The fourth-order valence-corrected chi connectivity index (χ4v) is 5.43. The van der Waals surface area contributed by atoms with Crippen molar-refractivity contribution >= 4 is 38.5 Å². The van der Waals surface area contributed by atoms with Gasteiger partial charge in [-0.25, -0.2) is 8.42 Å². The van der Waals surface area contributed by atoms with Crippen LogP contribution in [0.3, 0.4) is 0 Å². The monoisotopic (exact) mass is 395 g/mol. The lowest BCUT2D eigenvalue weighted by Gasteiger charge is -2.34. The van der Waals surface area contributed by atoms with Crippen LogP contribution in [0.4, 0.5) is 11.4 Å². The number of Topliss-reactive ketones (excluding diaryl/α,β-unsaturated/α-hetero) is 1. The highest BCUT2D eigenvalue weighted by Gasteiger charge is 2.31. The van der Waals surface area contributed by atoms with E-state index in [-0.39, 0.29) is 30.1 Å². The Hall–Kier alpha value is -2.30. The fraction of sp³-hybridized carbons (Fsp3) is 0.312. The lowest BCUT2D eigenvalue weighted by Crippen LogP contribution is -2.48. The fourth-order valence-electron chi connectivity index (χ4n) is 2.86. The first-order valence-corrected chi connectivity index (χ1v) is 10.2. The number of nitro benzene ring substituents is 1. The predicted molar refractivity (Wildman–Crippen MR) is 98.4 cm³/mol. The molecule has 138 valence electrons. The Labute approximate surface area is 154 Å².